The predicted octanol–water partition coefficient (Wildman–Crippen LogP) is 5.81. The summed E-state index contributed by atoms with van der Waals surface area (Å²) in [4.78, 5) is 33.4. The molecule has 0 aliphatic carbocycles. The summed E-state index contributed by atoms with van der Waals surface area (Å²) in [6, 6.07) is 4.60. The second kappa shape index (κ2) is 11.3. The average molecular weight is 527 g/mol. The van der Waals surface area contributed by atoms with Crippen molar-refractivity contribution in [2.45, 2.75) is 65.3 Å². The number of nitrogens with two attached hydrogens (primary N) is 1. The zero-order valence-corrected chi connectivity index (χ0v) is 22.0. The van der Waals surface area contributed by atoms with E-state index in [1.165, 1.54) is 18.2 Å². The van der Waals surface area contributed by atoms with Crippen LogP contribution in [0.25, 0.3) is 11.3 Å². The van der Waals surface area contributed by atoms with E-state index in [2.05, 4.69) is 14.7 Å². The molecular weight excluding hydrogens is 493 g/mol. The van der Waals surface area contributed by atoms with Crippen LogP contribution in [-0.2, 0) is 15.7 Å². The molecule has 2 amide bonds. The highest BCUT2D eigenvalue weighted by Gasteiger charge is 2.36. The number of alkyl halides is 3. The molecule has 12 heteroatoms. The Hall–Kier alpha value is -3.41. The van der Waals surface area contributed by atoms with E-state index in [9.17, 15) is 22.8 Å². The number of nitrogens with zero attached hydrogens (tertiary/aromatic N) is 3. The van der Waals surface area contributed by atoms with E-state index in [4.69, 9.17) is 15.2 Å². The second-order valence-electron chi connectivity index (χ2n) is 10.3. The van der Waals surface area contributed by atoms with Gasteiger partial charge in [0.2, 0.25) is 0 Å². The van der Waals surface area contributed by atoms with E-state index in [0.29, 0.717) is 11.3 Å². The molecule has 2 N–H and O–H groups in total. The standard InChI is InChI=1S/C25H33F3N4O5/c1-15(2)12-24(6,29)13-36-19-9-8-16(10-17(19)25(26,27)28)18-11-20(31-14-30-18)32(21(33)35-7)22(34)37-23(3,4)5/h8-11,14-15H,12-13,29H2,1-7H3. The molecule has 37 heavy (non-hydrogen) atoms. The summed E-state index contributed by atoms with van der Waals surface area (Å²) < 4.78 is 57.2. The number of benzene rings is 1. The number of anilines is 1. The topological polar surface area (TPSA) is 117 Å². The predicted molar refractivity (Wildman–Crippen MR) is 131 cm³/mol. The maximum Gasteiger partial charge on any atom is 0.425 e. The van der Waals surface area contributed by atoms with Crippen LogP contribution >= 0.6 is 0 Å². The summed E-state index contributed by atoms with van der Waals surface area (Å²) in [5.41, 5.74) is 3.47. The Balaban J connectivity index is 2.46. The van der Waals surface area contributed by atoms with Gasteiger partial charge in [0.05, 0.1) is 18.4 Å². The Labute approximate surface area is 214 Å². The van der Waals surface area contributed by atoms with Crippen LogP contribution in [0.5, 0.6) is 5.75 Å². The van der Waals surface area contributed by atoms with E-state index in [-0.39, 0.29) is 35.3 Å². The van der Waals surface area contributed by atoms with Crippen molar-refractivity contribution in [1.29, 1.82) is 0 Å². The highest BCUT2D eigenvalue weighted by atomic mass is 19.4. The maximum atomic E-state index is 13.9. The number of hydrogen-bond donors (Lipinski definition) is 1. The Bertz CT molecular complexity index is 1110. The second-order valence-corrected chi connectivity index (χ2v) is 10.3. The lowest BCUT2D eigenvalue weighted by Crippen LogP contribution is -2.43. The largest absolute Gasteiger partial charge is 0.491 e. The highest BCUT2D eigenvalue weighted by molar-refractivity contribution is 6.08. The van der Waals surface area contributed by atoms with E-state index in [1.807, 2.05) is 13.8 Å². The summed E-state index contributed by atoms with van der Waals surface area (Å²) in [6.45, 7) is 10.3. The van der Waals surface area contributed by atoms with Gasteiger partial charge in [-0.05, 0) is 58.2 Å². The Morgan fingerprint density at radius 2 is 1.70 bits per heavy atom. The normalized spacial score (nSPS) is 13.6. The minimum atomic E-state index is -4.74. The fourth-order valence-corrected chi connectivity index (χ4v) is 3.56. The first-order valence-electron chi connectivity index (χ1n) is 11.5. The van der Waals surface area contributed by atoms with E-state index in [0.717, 1.165) is 19.5 Å². The van der Waals surface area contributed by atoms with Gasteiger partial charge in [-0.15, -0.1) is 0 Å². The van der Waals surface area contributed by atoms with Gasteiger partial charge in [-0.25, -0.2) is 19.6 Å². The number of ether oxygens (including phenoxy) is 3. The lowest BCUT2D eigenvalue weighted by atomic mass is 9.93. The highest BCUT2D eigenvalue weighted by Crippen LogP contribution is 2.39. The third-order valence-corrected chi connectivity index (χ3v) is 4.83. The number of rotatable bonds is 7. The molecule has 1 unspecified atom stereocenters. The summed E-state index contributed by atoms with van der Waals surface area (Å²) >= 11 is 0. The van der Waals surface area contributed by atoms with Gasteiger partial charge in [0.1, 0.15) is 24.3 Å². The summed E-state index contributed by atoms with van der Waals surface area (Å²) in [5, 5.41) is 0. The van der Waals surface area contributed by atoms with E-state index < -0.39 is 35.1 Å². The first kappa shape index (κ1) is 29.8. The van der Waals surface area contributed by atoms with E-state index >= 15 is 0 Å². The van der Waals surface area contributed by atoms with Gasteiger partial charge in [-0.2, -0.15) is 18.1 Å². The molecule has 2 aromatic rings. The molecule has 204 valence electrons. The summed E-state index contributed by atoms with van der Waals surface area (Å²) in [6.07, 6.45) is -5.34. The zero-order valence-electron chi connectivity index (χ0n) is 22.0. The van der Waals surface area contributed by atoms with Crippen molar-refractivity contribution in [3.63, 3.8) is 0 Å². The van der Waals surface area contributed by atoms with Crippen LogP contribution in [0.4, 0.5) is 28.6 Å². The van der Waals surface area contributed by atoms with Crippen LogP contribution in [-0.4, -0.2) is 47.0 Å². The van der Waals surface area contributed by atoms with Crippen LogP contribution in [0.2, 0.25) is 0 Å². The van der Waals surface area contributed by atoms with Crippen molar-refractivity contribution < 1.29 is 37.0 Å². The van der Waals surface area contributed by atoms with Crippen LogP contribution in [0.3, 0.4) is 0 Å². The minimum absolute atomic E-state index is 0.0167. The molecule has 2 rings (SSSR count). The fraction of sp³-hybridized carbons (Fsp3) is 0.520. The quantitative estimate of drug-likeness (QED) is 0.480. The Kier molecular flexibility index (Phi) is 9.13. The number of carbonyl (C=O) groups is 2. The van der Waals surface area contributed by atoms with Crippen molar-refractivity contribution in [2.24, 2.45) is 11.7 Å². The Morgan fingerprint density at radius 1 is 1.05 bits per heavy atom. The molecule has 1 aromatic carbocycles. The molecule has 0 spiro atoms. The van der Waals surface area contributed by atoms with Gasteiger partial charge in [0.25, 0.3) is 0 Å². The molecule has 0 radical (unpaired) electrons. The number of carbonyl (C=O) groups excluding carboxylic acids is 2. The van der Waals surface area contributed by atoms with Gasteiger partial charge >= 0.3 is 18.4 Å². The maximum absolute atomic E-state index is 13.9. The first-order valence-corrected chi connectivity index (χ1v) is 11.5. The number of imide groups is 1. The minimum Gasteiger partial charge on any atom is -0.491 e. The molecular formula is C25H33F3N4O5. The number of hydrogen-bond acceptors (Lipinski definition) is 8. The van der Waals surface area contributed by atoms with Crippen LogP contribution in [0.15, 0.2) is 30.6 Å². The van der Waals surface area contributed by atoms with Gasteiger partial charge in [-0.1, -0.05) is 13.8 Å². The number of methoxy groups -OCH3 is 1. The SMILES string of the molecule is COC(=O)N(C(=O)OC(C)(C)C)c1cc(-c2ccc(OCC(C)(N)CC(C)C)c(C(F)(F)F)c2)ncn1. The van der Waals surface area contributed by atoms with Crippen molar-refractivity contribution in [2.75, 3.05) is 18.6 Å². The van der Waals surface area contributed by atoms with Gasteiger partial charge in [-0.3, -0.25) is 0 Å². The Morgan fingerprint density at radius 3 is 2.24 bits per heavy atom. The molecule has 0 aliphatic rings. The molecule has 1 atom stereocenters. The van der Waals surface area contributed by atoms with Crippen LogP contribution in [0.1, 0.15) is 53.5 Å². The molecule has 0 fully saturated rings. The van der Waals surface area contributed by atoms with Gasteiger partial charge in [0, 0.05) is 17.2 Å². The van der Waals surface area contributed by atoms with Crippen molar-refractivity contribution in [3.8, 4) is 17.0 Å². The fourth-order valence-electron chi connectivity index (χ4n) is 3.56. The van der Waals surface area contributed by atoms with Crippen molar-refractivity contribution >= 4 is 18.0 Å². The molecule has 9 nitrogen and oxygen atoms in total. The summed E-state index contributed by atoms with van der Waals surface area (Å²) in [7, 11) is 1.06. The molecule has 0 aliphatic heterocycles. The van der Waals surface area contributed by atoms with Gasteiger partial charge < -0.3 is 19.9 Å². The monoisotopic (exact) mass is 526 g/mol. The van der Waals surface area contributed by atoms with Gasteiger partial charge in [0.15, 0.2) is 5.82 Å². The molecule has 1 aromatic heterocycles. The third-order valence-electron chi connectivity index (χ3n) is 4.83. The number of amides is 2. The zero-order chi connectivity index (χ0) is 28.2. The molecule has 1 heterocycles. The first-order chi connectivity index (χ1) is 16.9. The number of aromatic nitrogens is 2. The molecule has 0 saturated heterocycles. The lowest BCUT2D eigenvalue weighted by Gasteiger charge is -2.27. The van der Waals surface area contributed by atoms with Crippen molar-refractivity contribution in [3.05, 3.63) is 36.2 Å². The van der Waals surface area contributed by atoms with Crippen LogP contribution in [0, 0.1) is 5.92 Å². The van der Waals surface area contributed by atoms with Crippen molar-refractivity contribution in [1.82, 2.24) is 9.97 Å². The number of halogens is 3. The van der Waals surface area contributed by atoms with Crippen LogP contribution < -0.4 is 15.4 Å². The van der Waals surface area contributed by atoms with E-state index in [1.54, 1.807) is 27.7 Å². The summed E-state index contributed by atoms with van der Waals surface area (Å²) in [5.74, 6) is -0.385. The average Bonchev–Trinajstić information content (AvgIpc) is 2.75. The third kappa shape index (κ3) is 8.59. The smallest absolute Gasteiger partial charge is 0.425 e. The molecule has 0 saturated carbocycles. The lowest BCUT2D eigenvalue weighted by molar-refractivity contribution is -0.139. The molecule has 0 bridgehead atoms.